The first-order valence-corrected chi connectivity index (χ1v) is 10.5. The number of carbonyl (C=O) groups is 1. The third-order valence-electron chi connectivity index (χ3n) is 4.95. The van der Waals surface area contributed by atoms with Gasteiger partial charge >= 0.3 is 0 Å². The van der Waals surface area contributed by atoms with Crippen molar-refractivity contribution in [3.63, 3.8) is 0 Å². The van der Waals surface area contributed by atoms with Crippen LogP contribution in [0.5, 0.6) is 0 Å². The average molecular weight is 427 g/mol. The molecule has 29 heavy (non-hydrogen) atoms. The van der Waals surface area contributed by atoms with E-state index in [4.69, 9.17) is 16.7 Å². The Balaban J connectivity index is 1.49. The monoisotopic (exact) mass is 426 g/mol. The third kappa shape index (κ3) is 3.28. The second-order valence-corrected chi connectivity index (χ2v) is 8.82. The van der Waals surface area contributed by atoms with Crippen LogP contribution in [0.2, 0.25) is 0 Å². The summed E-state index contributed by atoms with van der Waals surface area (Å²) in [6.07, 6.45) is 2.17. The van der Waals surface area contributed by atoms with Crippen LogP contribution in [0.15, 0.2) is 22.7 Å². The molecule has 0 unspecified atom stereocenters. The lowest BCUT2D eigenvalue weighted by Gasteiger charge is -2.09. The van der Waals surface area contributed by atoms with E-state index < -0.39 is 0 Å². The number of carbonyl (C=O) groups excluding carboxylic acids is 1. The maximum Gasteiger partial charge on any atom is 0.259 e. The van der Waals surface area contributed by atoms with Crippen LogP contribution in [0.1, 0.15) is 45.6 Å². The number of nitrogens with zero attached hydrogens (tertiary/aromatic N) is 4. The second kappa shape index (κ2) is 6.89. The van der Waals surface area contributed by atoms with Crippen molar-refractivity contribution in [2.75, 3.05) is 0 Å². The highest BCUT2D eigenvalue weighted by atomic mass is 32.1. The van der Waals surface area contributed by atoms with E-state index in [9.17, 15) is 4.79 Å². The van der Waals surface area contributed by atoms with E-state index in [0.717, 1.165) is 23.5 Å². The lowest BCUT2D eigenvalue weighted by Crippen LogP contribution is -2.25. The molecule has 0 bridgehead atoms. The van der Waals surface area contributed by atoms with Gasteiger partial charge in [-0.3, -0.25) is 14.5 Å². The summed E-state index contributed by atoms with van der Waals surface area (Å²) in [5, 5.41) is 14.7. The molecular weight excluding hydrogens is 408 g/mol. The highest BCUT2D eigenvalue weighted by Gasteiger charge is 2.27. The molecule has 1 saturated carbocycles. The minimum atomic E-state index is -0.227. The average Bonchev–Trinajstić information content (AvgIpc) is 3.16. The molecule has 0 aromatic carbocycles. The van der Waals surface area contributed by atoms with E-state index in [-0.39, 0.29) is 12.5 Å². The fourth-order valence-electron chi connectivity index (χ4n) is 3.40. The maximum atomic E-state index is 13.1. The molecule has 4 aromatic rings. The third-order valence-corrected chi connectivity index (χ3v) is 6.26. The number of aromatic nitrogens is 5. The van der Waals surface area contributed by atoms with Gasteiger partial charge < -0.3 is 9.84 Å². The number of amides is 1. The Labute approximate surface area is 174 Å². The van der Waals surface area contributed by atoms with E-state index in [1.54, 1.807) is 24.3 Å². The SMILES string of the molecule is Cc1ccc(-c2cc(C(=O)NCc3n[nH]c(=S)n3C3CC3)c3c(C)noc3n2)s1. The molecule has 1 fully saturated rings. The smallest absolute Gasteiger partial charge is 0.259 e. The maximum absolute atomic E-state index is 13.1. The standard InChI is InChI=1S/C19H18N6O2S2/c1-9-3-6-14(29-9)13-7-12(16-10(2)24-27-18(16)21-13)17(26)20-8-15-22-23-19(28)25(15)11-4-5-11/h3,6-7,11H,4-5,8H2,1-2H3,(H,20,26)(H,23,28). The minimum absolute atomic E-state index is 0.227. The zero-order valence-electron chi connectivity index (χ0n) is 15.9. The first-order chi connectivity index (χ1) is 14.0. The van der Waals surface area contributed by atoms with Crippen LogP contribution in [0.25, 0.3) is 21.7 Å². The van der Waals surface area contributed by atoms with E-state index in [2.05, 4.69) is 25.7 Å². The Morgan fingerprint density at radius 2 is 2.24 bits per heavy atom. The first-order valence-electron chi connectivity index (χ1n) is 9.29. The predicted molar refractivity (Wildman–Crippen MR) is 111 cm³/mol. The number of H-pyrrole nitrogens is 1. The van der Waals surface area contributed by atoms with E-state index in [1.807, 2.05) is 23.6 Å². The van der Waals surface area contributed by atoms with Crippen LogP contribution in [0, 0.1) is 18.6 Å². The molecular formula is C19H18N6O2S2. The van der Waals surface area contributed by atoms with Crippen LogP contribution in [-0.4, -0.2) is 30.8 Å². The Hall–Kier alpha value is -2.85. The Bertz CT molecular complexity index is 1290. The molecule has 0 atom stereocenters. The lowest BCUT2D eigenvalue weighted by atomic mass is 10.1. The van der Waals surface area contributed by atoms with Gasteiger partial charge in [-0.05, 0) is 57.1 Å². The van der Waals surface area contributed by atoms with Gasteiger partial charge in [0.25, 0.3) is 11.6 Å². The van der Waals surface area contributed by atoms with Gasteiger partial charge in [-0.15, -0.1) is 11.3 Å². The summed E-state index contributed by atoms with van der Waals surface area (Å²) < 4.78 is 7.94. The van der Waals surface area contributed by atoms with Crippen LogP contribution in [0.4, 0.5) is 0 Å². The number of hydrogen-bond donors (Lipinski definition) is 2. The molecule has 5 rings (SSSR count). The molecule has 0 spiro atoms. The summed E-state index contributed by atoms with van der Waals surface area (Å²) >= 11 is 6.93. The Morgan fingerprint density at radius 1 is 1.41 bits per heavy atom. The fraction of sp³-hybridized carbons (Fsp3) is 0.316. The van der Waals surface area contributed by atoms with E-state index >= 15 is 0 Å². The van der Waals surface area contributed by atoms with Crippen molar-refractivity contribution in [3.8, 4) is 10.6 Å². The molecule has 148 valence electrons. The molecule has 2 N–H and O–H groups in total. The normalized spacial score (nSPS) is 13.9. The van der Waals surface area contributed by atoms with Gasteiger partial charge in [0.1, 0.15) is 0 Å². The van der Waals surface area contributed by atoms with Gasteiger partial charge in [-0.1, -0.05) is 5.16 Å². The van der Waals surface area contributed by atoms with Crippen LogP contribution in [0.3, 0.4) is 0 Å². The van der Waals surface area contributed by atoms with Crippen LogP contribution < -0.4 is 5.32 Å². The summed E-state index contributed by atoms with van der Waals surface area (Å²) in [7, 11) is 0. The minimum Gasteiger partial charge on any atom is -0.345 e. The highest BCUT2D eigenvalue weighted by Crippen LogP contribution is 2.36. The molecule has 4 heterocycles. The van der Waals surface area contributed by atoms with Crippen molar-refractivity contribution in [2.24, 2.45) is 0 Å². The summed E-state index contributed by atoms with van der Waals surface area (Å²) in [6, 6.07) is 6.20. The molecule has 4 aromatic heterocycles. The molecule has 8 nitrogen and oxygen atoms in total. The number of thiophene rings is 1. The number of fused-ring (bicyclic) bond motifs is 1. The number of pyridine rings is 1. The van der Waals surface area contributed by atoms with Gasteiger partial charge in [0.15, 0.2) is 10.6 Å². The van der Waals surface area contributed by atoms with Crippen LogP contribution >= 0.6 is 23.6 Å². The Kier molecular flexibility index (Phi) is 4.32. The van der Waals surface area contributed by atoms with E-state index in [1.165, 1.54) is 4.88 Å². The van der Waals surface area contributed by atoms with E-state index in [0.29, 0.717) is 38.9 Å². The van der Waals surface area contributed by atoms with Crippen molar-refractivity contribution in [1.29, 1.82) is 0 Å². The molecule has 1 amide bonds. The van der Waals surface area contributed by atoms with Gasteiger partial charge in [0, 0.05) is 10.9 Å². The van der Waals surface area contributed by atoms with Crippen molar-refractivity contribution >= 4 is 40.6 Å². The largest absolute Gasteiger partial charge is 0.345 e. The predicted octanol–water partition coefficient (Wildman–Crippen LogP) is 4.09. The number of aromatic amines is 1. The van der Waals surface area contributed by atoms with Gasteiger partial charge in [-0.25, -0.2) is 4.98 Å². The molecule has 0 aliphatic heterocycles. The Morgan fingerprint density at radius 3 is 2.97 bits per heavy atom. The van der Waals surface area contributed by atoms with Gasteiger partial charge in [0.2, 0.25) is 0 Å². The van der Waals surface area contributed by atoms with Gasteiger partial charge in [-0.2, -0.15) is 5.10 Å². The van der Waals surface area contributed by atoms with Crippen molar-refractivity contribution in [2.45, 2.75) is 39.3 Å². The van der Waals surface area contributed by atoms with Crippen LogP contribution in [-0.2, 0) is 6.54 Å². The molecule has 10 heteroatoms. The molecule has 0 radical (unpaired) electrons. The summed E-state index contributed by atoms with van der Waals surface area (Å²) in [4.78, 5) is 19.8. The lowest BCUT2D eigenvalue weighted by molar-refractivity contribution is 0.0951. The fourth-order valence-corrected chi connectivity index (χ4v) is 4.53. The second-order valence-electron chi connectivity index (χ2n) is 7.14. The number of aryl methyl sites for hydroxylation is 2. The topological polar surface area (TPSA) is 102 Å². The van der Waals surface area contributed by atoms with Gasteiger partial charge in [0.05, 0.1) is 33.8 Å². The summed E-state index contributed by atoms with van der Waals surface area (Å²) in [5.74, 6) is 0.502. The molecule has 1 aliphatic rings. The zero-order chi connectivity index (χ0) is 20.1. The summed E-state index contributed by atoms with van der Waals surface area (Å²) in [6.45, 7) is 4.12. The van der Waals surface area contributed by atoms with Crippen molar-refractivity contribution < 1.29 is 9.32 Å². The summed E-state index contributed by atoms with van der Waals surface area (Å²) in [5.41, 5.74) is 2.17. The number of nitrogens with one attached hydrogen (secondary N) is 2. The quantitative estimate of drug-likeness (QED) is 0.466. The number of hydrogen-bond acceptors (Lipinski definition) is 7. The molecule has 1 aliphatic carbocycles. The molecule has 0 saturated heterocycles. The highest BCUT2D eigenvalue weighted by molar-refractivity contribution is 7.71. The first kappa shape index (κ1) is 18.2. The van der Waals surface area contributed by atoms with Crippen molar-refractivity contribution in [1.82, 2.24) is 30.2 Å². The zero-order valence-corrected chi connectivity index (χ0v) is 17.5. The number of rotatable bonds is 5. The van der Waals surface area contributed by atoms with Crippen molar-refractivity contribution in [3.05, 3.63) is 44.9 Å².